The van der Waals surface area contributed by atoms with Crippen molar-refractivity contribution in [3.8, 4) is 0 Å². The number of rotatable bonds is 1. The molecule has 1 aromatic heterocycles. The molecule has 0 radical (unpaired) electrons. The van der Waals surface area contributed by atoms with E-state index in [2.05, 4.69) is 32.4 Å². The number of imidazole rings is 1. The molecule has 70 valence electrons. The Hall–Kier alpha value is -0.640. The Morgan fingerprint density at radius 1 is 1.62 bits per heavy atom. The van der Waals surface area contributed by atoms with Crippen LogP contribution in [0.25, 0.3) is 0 Å². The van der Waals surface area contributed by atoms with Crippen molar-refractivity contribution in [2.75, 3.05) is 0 Å². The number of Topliss-reactive ketones (excluding diaryl/α,β-unsaturated/α-hetero) is 1. The van der Waals surface area contributed by atoms with Crippen molar-refractivity contribution >= 4 is 21.7 Å². The van der Waals surface area contributed by atoms with Gasteiger partial charge in [0.05, 0.1) is 12.1 Å². The van der Waals surface area contributed by atoms with Crippen LogP contribution in [0, 0.1) is 0 Å². The van der Waals surface area contributed by atoms with E-state index in [1.54, 1.807) is 0 Å². The fraction of sp³-hybridized carbons (Fsp3) is 0.556. The van der Waals surface area contributed by atoms with Crippen molar-refractivity contribution in [1.82, 2.24) is 9.55 Å². The van der Waals surface area contributed by atoms with Crippen LogP contribution < -0.4 is 0 Å². The number of nitrogens with zero attached hydrogens (tertiary/aromatic N) is 2. The Kier molecular flexibility index (Phi) is 2.24. The number of fused-ring (bicyclic) bond motifs is 1. The van der Waals surface area contributed by atoms with Gasteiger partial charge in [-0.05, 0) is 22.4 Å². The third-order valence-corrected chi connectivity index (χ3v) is 3.24. The van der Waals surface area contributed by atoms with Gasteiger partial charge in [0.25, 0.3) is 0 Å². The Balaban J connectivity index is 2.45. The molecule has 0 atom stereocenters. The molecule has 2 rings (SSSR count). The molecule has 1 aliphatic heterocycles. The van der Waals surface area contributed by atoms with Crippen LogP contribution in [0.4, 0.5) is 0 Å². The lowest BCUT2D eigenvalue weighted by atomic mass is 10.1. The molecule has 0 aromatic carbocycles. The summed E-state index contributed by atoms with van der Waals surface area (Å²) in [6.45, 7) is 2.85. The van der Waals surface area contributed by atoms with E-state index in [4.69, 9.17) is 0 Å². The first-order chi connectivity index (χ1) is 6.22. The highest BCUT2D eigenvalue weighted by atomic mass is 79.9. The van der Waals surface area contributed by atoms with Gasteiger partial charge in [-0.2, -0.15) is 0 Å². The van der Waals surface area contributed by atoms with Gasteiger partial charge in [0, 0.05) is 13.0 Å². The normalized spacial score (nSPS) is 16.0. The maximum absolute atomic E-state index is 11.2. The first kappa shape index (κ1) is 8.94. The lowest BCUT2D eigenvalue weighted by molar-refractivity contribution is -0.119. The highest BCUT2D eigenvalue weighted by molar-refractivity contribution is 9.10. The van der Waals surface area contributed by atoms with Gasteiger partial charge >= 0.3 is 0 Å². The summed E-state index contributed by atoms with van der Waals surface area (Å²) in [6.07, 6.45) is 2.05. The number of aromatic nitrogens is 2. The number of carbonyl (C=O) groups excluding carboxylic acids is 1. The van der Waals surface area contributed by atoms with Crippen LogP contribution in [0.1, 0.15) is 24.9 Å². The SMILES string of the molecule is CCc1nc2n(c1Br)CCC(=O)C2. The van der Waals surface area contributed by atoms with E-state index in [-0.39, 0.29) is 0 Å². The second-order valence-electron chi connectivity index (χ2n) is 3.24. The molecule has 0 N–H and O–H groups in total. The van der Waals surface area contributed by atoms with Crippen LogP contribution in [-0.4, -0.2) is 15.3 Å². The fourth-order valence-corrected chi connectivity index (χ4v) is 2.37. The van der Waals surface area contributed by atoms with Crippen molar-refractivity contribution in [1.29, 1.82) is 0 Å². The summed E-state index contributed by atoms with van der Waals surface area (Å²) in [5.41, 5.74) is 1.06. The van der Waals surface area contributed by atoms with E-state index >= 15 is 0 Å². The van der Waals surface area contributed by atoms with Crippen molar-refractivity contribution in [3.05, 3.63) is 16.1 Å². The summed E-state index contributed by atoms with van der Waals surface area (Å²) < 4.78 is 3.15. The van der Waals surface area contributed by atoms with E-state index < -0.39 is 0 Å². The molecule has 0 bridgehead atoms. The van der Waals surface area contributed by atoms with E-state index in [9.17, 15) is 4.79 Å². The minimum atomic E-state index is 0.299. The Morgan fingerprint density at radius 2 is 2.38 bits per heavy atom. The zero-order chi connectivity index (χ0) is 9.42. The zero-order valence-electron chi connectivity index (χ0n) is 7.51. The quantitative estimate of drug-likeness (QED) is 0.752. The molecule has 0 aliphatic carbocycles. The first-order valence-electron chi connectivity index (χ1n) is 4.48. The molecular weight excluding hydrogens is 232 g/mol. The molecule has 0 saturated heterocycles. The lowest BCUT2D eigenvalue weighted by Crippen LogP contribution is -2.18. The van der Waals surface area contributed by atoms with Gasteiger partial charge in [-0.25, -0.2) is 4.98 Å². The maximum atomic E-state index is 11.2. The highest BCUT2D eigenvalue weighted by Crippen LogP contribution is 2.23. The van der Waals surface area contributed by atoms with Gasteiger partial charge in [-0.1, -0.05) is 6.92 Å². The molecule has 0 amide bonds. The summed E-state index contributed by atoms with van der Waals surface area (Å²) in [7, 11) is 0. The van der Waals surface area contributed by atoms with E-state index in [1.807, 2.05) is 0 Å². The second-order valence-corrected chi connectivity index (χ2v) is 3.99. The summed E-state index contributed by atoms with van der Waals surface area (Å²) >= 11 is 3.51. The average molecular weight is 243 g/mol. The summed E-state index contributed by atoms with van der Waals surface area (Å²) in [5.74, 6) is 1.22. The zero-order valence-corrected chi connectivity index (χ0v) is 9.10. The molecule has 0 saturated carbocycles. The first-order valence-corrected chi connectivity index (χ1v) is 5.27. The molecular formula is C9H11BrN2O. The lowest BCUT2D eigenvalue weighted by Gasteiger charge is -2.13. The Labute approximate surface area is 85.3 Å². The monoisotopic (exact) mass is 242 g/mol. The molecule has 1 aliphatic rings. The van der Waals surface area contributed by atoms with Crippen LogP contribution >= 0.6 is 15.9 Å². The number of hydrogen-bond donors (Lipinski definition) is 0. The van der Waals surface area contributed by atoms with E-state index in [0.717, 1.165) is 29.1 Å². The van der Waals surface area contributed by atoms with Gasteiger partial charge < -0.3 is 4.57 Å². The van der Waals surface area contributed by atoms with Gasteiger partial charge in [-0.3, -0.25) is 4.79 Å². The van der Waals surface area contributed by atoms with Crippen molar-refractivity contribution in [3.63, 3.8) is 0 Å². The number of ketones is 1. The number of halogens is 1. The van der Waals surface area contributed by atoms with E-state index in [1.165, 1.54) is 0 Å². The smallest absolute Gasteiger partial charge is 0.142 e. The standard InChI is InChI=1S/C9H11BrN2O/c1-2-7-9(10)12-4-3-6(13)5-8(12)11-7/h2-5H2,1H3. The molecule has 0 fully saturated rings. The summed E-state index contributed by atoms with van der Waals surface area (Å²) in [4.78, 5) is 15.6. The molecule has 0 spiro atoms. The van der Waals surface area contributed by atoms with Gasteiger partial charge in [0.2, 0.25) is 0 Å². The van der Waals surface area contributed by atoms with Crippen molar-refractivity contribution < 1.29 is 4.79 Å². The summed E-state index contributed by atoms with van der Waals surface area (Å²) in [5, 5.41) is 0. The molecule has 2 heterocycles. The largest absolute Gasteiger partial charge is 0.322 e. The van der Waals surface area contributed by atoms with Gasteiger partial charge in [0.15, 0.2) is 0 Å². The Morgan fingerprint density at radius 3 is 3.08 bits per heavy atom. The predicted octanol–water partition coefficient (Wildman–Crippen LogP) is 1.72. The third-order valence-electron chi connectivity index (χ3n) is 2.36. The molecule has 1 aromatic rings. The van der Waals surface area contributed by atoms with Crippen LogP contribution in [-0.2, 0) is 24.2 Å². The van der Waals surface area contributed by atoms with Gasteiger partial charge in [-0.15, -0.1) is 0 Å². The van der Waals surface area contributed by atoms with Crippen molar-refractivity contribution in [2.24, 2.45) is 0 Å². The van der Waals surface area contributed by atoms with Crippen LogP contribution in [0.5, 0.6) is 0 Å². The molecule has 13 heavy (non-hydrogen) atoms. The maximum Gasteiger partial charge on any atom is 0.142 e. The van der Waals surface area contributed by atoms with Crippen molar-refractivity contribution in [2.45, 2.75) is 32.7 Å². The predicted molar refractivity (Wildman–Crippen MR) is 52.6 cm³/mol. The van der Waals surface area contributed by atoms with Crippen LogP contribution in [0.15, 0.2) is 4.60 Å². The average Bonchev–Trinajstić information content (AvgIpc) is 2.42. The number of hydrogen-bond acceptors (Lipinski definition) is 2. The molecule has 4 heteroatoms. The fourth-order valence-electron chi connectivity index (χ4n) is 1.62. The molecule has 3 nitrogen and oxygen atoms in total. The number of carbonyl (C=O) groups is 1. The minimum Gasteiger partial charge on any atom is -0.322 e. The summed E-state index contributed by atoms with van der Waals surface area (Å²) in [6, 6.07) is 0. The van der Waals surface area contributed by atoms with Gasteiger partial charge in [0.1, 0.15) is 16.2 Å². The highest BCUT2D eigenvalue weighted by Gasteiger charge is 2.20. The molecule has 0 unspecified atom stereocenters. The van der Waals surface area contributed by atoms with Crippen LogP contribution in [0.2, 0.25) is 0 Å². The minimum absolute atomic E-state index is 0.299. The van der Waals surface area contributed by atoms with Crippen LogP contribution in [0.3, 0.4) is 0 Å². The second kappa shape index (κ2) is 3.25. The van der Waals surface area contributed by atoms with E-state index in [0.29, 0.717) is 18.6 Å². The topological polar surface area (TPSA) is 34.9 Å². The Bertz CT molecular complexity index is 357. The third kappa shape index (κ3) is 1.43. The number of aryl methyl sites for hydroxylation is 1.